The third-order valence-corrected chi connectivity index (χ3v) is 5.28. The van der Waals surface area contributed by atoms with Crippen LogP contribution in [0.4, 0.5) is 0 Å². The molecule has 0 N–H and O–H groups in total. The molecular weight excluding hydrogens is 288 g/mol. The SMILES string of the molecule is COC[C@H]1CCCCC12OOC1(CCCC[C@H]1COC)OO2. The summed E-state index contributed by atoms with van der Waals surface area (Å²) in [5.41, 5.74) is 0. The Morgan fingerprint density at radius 3 is 1.50 bits per heavy atom. The van der Waals surface area contributed by atoms with E-state index in [-0.39, 0.29) is 11.8 Å². The molecule has 2 atom stereocenters. The molecule has 2 spiro atoms. The maximum atomic E-state index is 5.86. The van der Waals surface area contributed by atoms with Crippen LogP contribution in [0.3, 0.4) is 0 Å². The van der Waals surface area contributed by atoms with Crippen molar-refractivity contribution in [3.63, 3.8) is 0 Å². The topological polar surface area (TPSA) is 55.4 Å². The van der Waals surface area contributed by atoms with Gasteiger partial charge in [-0.25, -0.2) is 0 Å². The van der Waals surface area contributed by atoms with Gasteiger partial charge in [0, 0.05) is 38.9 Å². The summed E-state index contributed by atoms with van der Waals surface area (Å²) < 4.78 is 10.6. The second-order valence-electron chi connectivity index (χ2n) is 6.75. The van der Waals surface area contributed by atoms with E-state index in [1.54, 1.807) is 14.2 Å². The molecule has 1 aliphatic heterocycles. The monoisotopic (exact) mass is 316 g/mol. The van der Waals surface area contributed by atoms with Crippen LogP contribution in [-0.2, 0) is 29.0 Å². The van der Waals surface area contributed by atoms with Crippen LogP contribution in [0.25, 0.3) is 0 Å². The molecular formula is C16H28O6. The van der Waals surface area contributed by atoms with Gasteiger partial charge in [-0.15, -0.1) is 0 Å². The number of rotatable bonds is 4. The van der Waals surface area contributed by atoms with Crippen molar-refractivity contribution in [2.24, 2.45) is 11.8 Å². The Hall–Kier alpha value is -0.240. The first-order valence-corrected chi connectivity index (χ1v) is 8.46. The predicted molar refractivity (Wildman–Crippen MR) is 77.5 cm³/mol. The van der Waals surface area contributed by atoms with Crippen LogP contribution >= 0.6 is 0 Å². The largest absolute Gasteiger partial charge is 0.384 e. The average Bonchev–Trinajstić information content (AvgIpc) is 2.55. The highest BCUT2D eigenvalue weighted by atomic mass is 17.4. The van der Waals surface area contributed by atoms with E-state index in [2.05, 4.69) is 0 Å². The molecule has 128 valence electrons. The van der Waals surface area contributed by atoms with Crippen molar-refractivity contribution < 1.29 is 29.0 Å². The van der Waals surface area contributed by atoms with E-state index in [1.165, 1.54) is 0 Å². The Bertz CT molecular complexity index is 315. The fraction of sp³-hybridized carbons (Fsp3) is 1.00. The lowest BCUT2D eigenvalue weighted by atomic mass is 9.83. The van der Waals surface area contributed by atoms with Gasteiger partial charge in [0.15, 0.2) is 0 Å². The quantitative estimate of drug-likeness (QED) is 0.743. The molecule has 6 heteroatoms. The first-order chi connectivity index (χ1) is 10.7. The molecule has 22 heavy (non-hydrogen) atoms. The van der Waals surface area contributed by atoms with E-state index in [1.807, 2.05) is 0 Å². The molecule has 3 fully saturated rings. The molecule has 3 aliphatic rings. The van der Waals surface area contributed by atoms with Crippen molar-refractivity contribution >= 4 is 0 Å². The molecule has 6 nitrogen and oxygen atoms in total. The maximum Gasteiger partial charge on any atom is 0.239 e. The minimum atomic E-state index is -0.825. The lowest BCUT2D eigenvalue weighted by molar-refractivity contribution is -0.676. The van der Waals surface area contributed by atoms with Crippen LogP contribution in [0.1, 0.15) is 51.4 Å². The zero-order valence-corrected chi connectivity index (χ0v) is 13.7. The third kappa shape index (κ3) is 3.05. The minimum Gasteiger partial charge on any atom is -0.384 e. The third-order valence-electron chi connectivity index (χ3n) is 5.28. The molecule has 0 aromatic heterocycles. The predicted octanol–water partition coefficient (Wildman–Crippen LogP) is 2.96. The second kappa shape index (κ2) is 7.11. The Kier molecular flexibility index (Phi) is 5.37. The highest BCUT2D eigenvalue weighted by Gasteiger charge is 2.57. The van der Waals surface area contributed by atoms with Crippen LogP contribution < -0.4 is 0 Å². The average molecular weight is 316 g/mol. The molecule has 0 aromatic carbocycles. The van der Waals surface area contributed by atoms with Crippen LogP contribution in [0.5, 0.6) is 0 Å². The molecule has 0 radical (unpaired) electrons. The first-order valence-electron chi connectivity index (χ1n) is 8.46. The van der Waals surface area contributed by atoms with Gasteiger partial charge in [0.2, 0.25) is 11.6 Å². The van der Waals surface area contributed by atoms with Gasteiger partial charge < -0.3 is 9.47 Å². The van der Waals surface area contributed by atoms with Gasteiger partial charge >= 0.3 is 0 Å². The highest BCUT2D eigenvalue weighted by Crippen LogP contribution is 2.48. The van der Waals surface area contributed by atoms with Crippen molar-refractivity contribution in [2.75, 3.05) is 27.4 Å². The summed E-state index contributed by atoms with van der Waals surface area (Å²) in [6.07, 6.45) is 7.92. The standard InChI is InChI=1S/C16H28O6/c1-17-11-13-7-3-5-9-15(13)19-21-16(22-20-15)10-6-4-8-14(16)12-18-2/h13-14H,3-12H2,1-2H3/t13-,14+,15?,16?. The molecule has 2 saturated carbocycles. The number of hydrogen-bond acceptors (Lipinski definition) is 6. The normalized spacial score (nSPS) is 42.8. The summed E-state index contributed by atoms with van der Waals surface area (Å²) in [6.45, 7) is 1.17. The summed E-state index contributed by atoms with van der Waals surface area (Å²) in [5, 5.41) is 0. The van der Waals surface area contributed by atoms with Crippen LogP contribution in [0.2, 0.25) is 0 Å². The number of ether oxygens (including phenoxy) is 2. The molecule has 0 amide bonds. The molecule has 1 heterocycles. The van der Waals surface area contributed by atoms with Gasteiger partial charge in [0.1, 0.15) is 0 Å². The Labute approximate surface area is 132 Å². The van der Waals surface area contributed by atoms with E-state index in [4.69, 9.17) is 29.0 Å². The van der Waals surface area contributed by atoms with E-state index in [9.17, 15) is 0 Å². The smallest absolute Gasteiger partial charge is 0.239 e. The lowest BCUT2D eigenvalue weighted by Gasteiger charge is -2.50. The van der Waals surface area contributed by atoms with Gasteiger partial charge in [0.25, 0.3) is 0 Å². The van der Waals surface area contributed by atoms with E-state index in [0.717, 1.165) is 51.4 Å². The zero-order chi connectivity index (χ0) is 15.5. The summed E-state index contributed by atoms with van der Waals surface area (Å²) in [7, 11) is 3.40. The second-order valence-corrected chi connectivity index (χ2v) is 6.75. The van der Waals surface area contributed by atoms with Gasteiger partial charge in [0.05, 0.1) is 13.2 Å². The molecule has 0 unspecified atom stereocenters. The lowest BCUT2D eigenvalue weighted by Crippen LogP contribution is -2.59. The summed E-state index contributed by atoms with van der Waals surface area (Å²) in [4.78, 5) is 23.4. The van der Waals surface area contributed by atoms with Gasteiger partial charge in [-0.05, 0) is 25.7 Å². The molecule has 0 aromatic rings. The Morgan fingerprint density at radius 2 is 1.14 bits per heavy atom. The summed E-state index contributed by atoms with van der Waals surface area (Å²) in [5.74, 6) is -1.38. The highest BCUT2D eigenvalue weighted by molar-refractivity contribution is 4.87. The Morgan fingerprint density at radius 1 is 0.727 bits per heavy atom. The van der Waals surface area contributed by atoms with Gasteiger partial charge in [-0.2, -0.15) is 19.6 Å². The van der Waals surface area contributed by atoms with Crippen LogP contribution in [-0.4, -0.2) is 39.0 Å². The van der Waals surface area contributed by atoms with Crippen LogP contribution in [0, 0.1) is 11.8 Å². The maximum absolute atomic E-state index is 5.86. The fourth-order valence-electron chi connectivity index (χ4n) is 3.94. The Balaban J connectivity index is 1.69. The molecule has 1 saturated heterocycles. The van der Waals surface area contributed by atoms with Crippen molar-refractivity contribution in [3.8, 4) is 0 Å². The van der Waals surface area contributed by atoms with Gasteiger partial charge in [-0.3, -0.25) is 0 Å². The summed E-state index contributed by atoms with van der Waals surface area (Å²) in [6, 6.07) is 0. The van der Waals surface area contributed by atoms with E-state index >= 15 is 0 Å². The van der Waals surface area contributed by atoms with Crippen molar-refractivity contribution in [2.45, 2.75) is 62.9 Å². The van der Waals surface area contributed by atoms with Crippen molar-refractivity contribution in [1.29, 1.82) is 0 Å². The molecule has 2 aliphatic carbocycles. The molecule has 3 rings (SSSR count). The summed E-state index contributed by atoms with van der Waals surface area (Å²) >= 11 is 0. The fourth-order valence-corrected chi connectivity index (χ4v) is 3.94. The van der Waals surface area contributed by atoms with E-state index in [0.29, 0.717) is 13.2 Å². The van der Waals surface area contributed by atoms with E-state index < -0.39 is 11.6 Å². The van der Waals surface area contributed by atoms with Gasteiger partial charge in [-0.1, -0.05) is 12.8 Å². The number of methoxy groups -OCH3 is 2. The van der Waals surface area contributed by atoms with Crippen molar-refractivity contribution in [3.05, 3.63) is 0 Å². The first kappa shape index (κ1) is 16.6. The van der Waals surface area contributed by atoms with Crippen molar-refractivity contribution in [1.82, 2.24) is 0 Å². The zero-order valence-electron chi connectivity index (χ0n) is 13.7. The number of hydrogen-bond donors (Lipinski definition) is 0. The molecule has 0 bridgehead atoms. The van der Waals surface area contributed by atoms with Crippen LogP contribution in [0.15, 0.2) is 0 Å². The minimum absolute atomic E-state index is 0.132.